The fourth-order valence-electron chi connectivity index (χ4n) is 4.30. The molecule has 0 saturated heterocycles. The third kappa shape index (κ3) is 9.51. The van der Waals surface area contributed by atoms with Gasteiger partial charge in [0.05, 0.1) is 10.6 Å². The Morgan fingerprint density at radius 2 is 1.61 bits per heavy atom. The molecule has 1 N–H and O–H groups in total. The molecule has 1 aromatic heterocycles. The van der Waals surface area contributed by atoms with Crippen LogP contribution in [-0.4, -0.2) is 57.0 Å². The molecule has 0 unspecified atom stereocenters. The van der Waals surface area contributed by atoms with Crippen LogP contribution in [0.5, 0.6) is 5.75 Å². The van der Waals surface area contributed by atoms with Crippen LogP contribution in [0.2, 0.25) is 0 Å². The summed E-state index contributed by atoms with van der Waals surface area (Å²) in [6, 6.07) is 20.8. The van der Waals surface area contributed by atoms with Gasteiger partial charge >= 0.3 is 6.36 Å². The highest BCUT2D eigenvalue weighted by molar-refractivity contribution is 7.91. The maximum Gasteiger partial charge on any atom is 0.573 e. The number of rotatable bonds is 14. The highest BCUT2D eigenvalue weighted by Gasteiger charge is 2.31. The van der Waals surface area contributed by atoms with E-state index in [4.69, 9.17) is 4.74 Å². The molecule has 1 heterocycles. The number of carbonyl (C=O) groups excluding carboxylic acids is 1. The summed E-state index contributed by atoms with van der Waals surface area (Å²) in [5.74, 6) is 0.408. The van der Waals surface area contributed by atoms with E-state index in [1.807, 2.05) is 36.2 Å². The Morgan fingerprint density at radius 3 is 2.25 bits per heavy atom. The first kappa shape index (κ1) is 32.4. The smallest absolute Gasteiger partial charge is 0.406 e. The van der Waals surface area contributed by atoms with E-state index in [0.717, 1.165) is 11.3 Å². The third-order valence-electron chi connectivity index (χ3n) is 6.48. The molecule has 0 fully saturated rings. The first-order valence-corrected chi connectivity index (χ1v) is 15.2. The third-order valence-corrected chi connectivity index (χ3v) is 8.28. The van der Waals surface area contributed by atoms with E-state index in [9.17, 15) is 26.4 Å². The van der Waals surface area contributed by atoms with Gasteiger partial charge < -0.3 is 19.7 Å². The summed E-state index contributed by atoms with van der Waals surface area (Å²) in [4.78, 5) is 23.4. The molecule has 0 radical (unpaired) electrons. The van der Waals surface area contributed by atoms with Crippen LogP contribution in [0.3, 0.4) is 0 Å². The summed E-state index contributed by atoms with van der Waals surface area (Å²) in [6.45, 7) is 0.358. The molecular weight excluding hydrogens is 597 g/mol. The average molecular weight is 629 g/mol. The molecule has 0 amide bonds. The molecule has 232 valence electrons. The molecule has 0 saturated carbocycles. The Bertz CT molecular complexity index is 1670. The Kier molecular flexibility index (Phi) is 10.6. The molecule has 44 heavy (non-hydrogen) atoms. The normalized spacial score (nSPS) is 11.7. The number of nitrogens with zero attached hydrogens (tertiary/aromatic N) is 3. The Labute approximate surface area is 253 Å². The number of benzene rings is 3. The lowest BCUT2D eigenvalue weighted by atomic mass is 10.0. The van der Waals surface area contributed by atoms with Gasteiger partial charge in [-0.25, -0.2) is 13.4 Å². The Hall–Kier alpha value is -4.49. The molecule has 3 aromatic carbocycles. The molecule has 4 aromatic rings. The number of ketones is 1. The summed E-state index contributed by atoms with van der Waals surface area (Å²) in [7, 11) is -0.117. The molecule has 0 spiro atoms. The number of aromatic nitrogens is 2. The zero-order chi connectivity index (χ0) is 31.7. The predicted molar refractivity (Wildman–Crippen MR) is 160 cm³/mol. The van der Waals surface area contributed by atoms with Gasteiger partial charge in [-0.1, -0.05) is 30.3 Å². The molecule has 0 aliphatic carbocycles. The number of anilines is 4. The zero-order valence-electron chi connectivity index (χ0n) is 24.0. The predicted octanol–water partition coefficient (Wildman–Crippen LogP) is 6.05. The monoisotopic (exact) mass is 628 g/mol. The fraction of sp³-hybridized carbons (Fsp3) is 0.258. The molecule has 13 heteroatoms. The van der Waals surface area contributed by atoms with Crippen molar-refractivity contribution in [1.82, 2.24) is 9.97 Å². The molecule has 9 nitrogen and oxygen atoms in total. The van der Waals surface area contributed by atoms with Gasteiger partial charge in [0, 0.05) is 51.2 Å². The van der Waals surface area contributed by atoms with Gasteiger partial charge in [-0.2, -0.15) is 4.98 Å². The Morgan fingerprint density at radius 1 is 0.955 bits per heavy atom. The van der Waals surface area contributed by atoms with E-state index in [1.165, 1.54) is 31.4 Å². The lowest BCUT2D eigenvalue weighted by Crippen LogP contribution is -2.17. The van der Waals surface area contributed by atoms with E-state index >= 15 is 0 Å². The lowest BCUT2D eigenvalue weighted by Gasteiger charge is -2.19. The van der Waals surface area contributed by atoms with Crippen LogP contribution in [0.15, 0.2) is 90.0 Å². The number of ether oxygens (including phenoxy) is 2. The van der Waals surface area contributed by atoms with Gasteiger partial charge in [0.15, 0.2) is 9.84 Å². The number of hydrogen-bond donors (Lipinski definition) is 1. The molecule has 0 aliphatic heterocycles. The van der Waals surface area contributed by atoms with E-state index in [-0.39, 0.29) is 41.0 Å². The number of hydrogen-bond acceptors (Lipinski definition) is 9. The molecular formula is C31H31F3N4O5S. The minimum Gasteiger partial charge on any atom is -0.406 e. The number of Topliss-reactive ketones (excluding diaryl/α,β-unsaturated/α-hetero) is 1. The second kappa shape index (κ2) is 14.3. The molecule has 0 atom stereocenters. The maximum atomic E-state index is 12.7. The quantitative estimate of drug-likeness (QED) is 0.167. The first-order valence-electron chi connectivity index (χ1n) is 13.5. The van der Waals surface area contributed by atoms with Gasteiger partial charge in [0.25, 0.3) is 0 Å². The van der Waals surface area contributed by atoms with Crippen molar-refractivity contribution in [2.24, 2.45) is 0 Å². The second-order valence-electron chi connectivity index (χ2n) is 9.87. The van der Waals surface area contributed by atoms with Crippen LogP contribution in [-0.2, 0) is 32.2 Å². The number of alkyl halides is 3. The van der Waals surface area contributed by atoms with Crippen molar-refractivity contribution in [3.63, 3.8) is 0 Å². The number of nitrogens with one attached hydrogen (secondary N) is 1. The number of sulfone groups is 1. The fourth-order valence-corrected chi connectivity index (χ4v) is 5.63. The van der Waals surface area contributed by atoms with Gasteiger partial charge in [-0.05, 0) is 66.1 Å². The van der Waals surface area contributed by atoms with Crippen molar-refractivity contribution in [1.29, 1.82) is 0 Å². The zero-order valence-corrected chi connectivity index (χ0v) is 24.9. The van der Waals surface area contributed by atoms with E-state index in [0.29, 0.717) is 30.1 Å². The topological polar surface area (TPSA) is 111 Å². The second-order valence-corrected chi connectivity index (χ2v) is 12.0. The van der Waals surface area contributed by atoms with Crippen LogP contribution in [0.25, 0.3) is 0 Å². The summed E-state index contributed by atoms with van der Waals surface area (Å²) in [6.07, 6.45) is -2.55. The summed E-state index contributed by atoms with van der Waals surface area (Å²) < 4.78 is 71.1. The lowest BCUT2D eigenvalue weighted by molar-refractivity contribution is -0.274. The van der Waals surface area contributed by atoms with Crippen LogP contribution in [0, 0.1) is 0 Å². The van der Waals surface area contributed by atoms with Crippen molar-refractivity contribution in [2.75, 3.05) is 36.7 Å². The standard InChI is InChI=1S/C31H31F3N4O5S/c1-38(25-11-7-22(8-12-25)19-26(39)20-23-9-13-27(14-10-23)43-31(32,33)34)29-15-16-35-30(37-29)36-24-5-3-6-28(21-24)44(40,41)18-4-17-42-2/h3,5-16,21H,4,17-20H2,1-2H3,(H,35,36,37). The minimum atomic E-state index is -4.77. The highest BCUT2D eigenvalue weighted by atomic mass is 32.2. The molecule has 4 rings (SSSR count). The largest absolute Gasteiger partial charge is 0.573 e. The van der Waals surface area contributed by atoms with Gasteiger partial charge in [0.2, 0.25) is 5.95 Å². The summed E-state index contributed by atoms with van der Waals surface area (Å²) in [5.41, 5.74) is 2.70. The summed E-state index contributed by atoms with van der Waals surface area (Å²) in [5, 5.41) is 3.06. The van der Waals surface area contributed by atoms with Gasteiger partial charge in [-0.3, -0.25) is 4.79 Å². The first-order chi connectivity index (χ1) is 20.9. The minimum absolute atomic E-state index is 0.0218. The van der Waals surface area contributed by atoms with Crippen molar-refractivity contribution >= 4 is 38.8 Å². The van der Waals surface area contributed by atoms with Crippen molar-refractivity contribution < 1.29 is 35.9 Å². The van der Waals surface area contributed by atoms with Crippen molar-refractivity contribution in [2.45, 2.75) is 30.5 Å². The van der Waals surface area contributed by atoms with E-state index in [2.05, 4.69) is 20.0 Å². The Balaban J connectivity index is 1.36. The van der Waals surface area contributed by atoms with Crippen LogP contribution in [0.1, 0.15) is 17.5 Å². The number of methoxy groups -OCH3 is 1. The van der Waals surface area contributed by atoms with E-state index < -0.39 is 16.2 Å². The van der Waals surface area contributed by atoms with Gasteiger partial charge in [-0.15, -0.1) is 13.2 Å². The van der Waals surface area contributed by atoms with Crippen LogP contribution in [0.4, 0.5) is 36.3 Å². The summed E-state index contributed by atoms with van der Waals surface area (Å²) >= 11 is 0. The average Bonchev–Trinajstić information content (AvgIpc) is 2.98. The SMILES string of the molecule is COCCCS(=O)(=O)c1cccc(Nc2nccc(N(C)c3ccc(CC(=O)Cc4ccc(OC(F)(F)F)cc4)cc3)n2)c1. The number of carbonyl (C=O) groups is 1. The van der Waals surface area contributed by atoms with E-state index in [1.54, 1.807) is 36.5 Å². The molecule has 0 bridgehead atoms. The van der Waals surface area contributed by atoms with Crippen LogP contribution < -0.4 is 15.0 Å². The van der Waals surface area contributed by atoms with Crippen molar-refractivity contribution in [3.8, 4) is 5.75 Å². The van der Waals surface area contributed by atoms with Crippen LogP contribution >= 0.6 is 0 Å². The molecule has 0 aliphatic rings. The van der Waals surface area contributed by atoms with Crippen molar-refractivity contribution in [3.05, 3.63) is 96.2 Å². The highest BCUT2D eigenvalue weighted by Crippen LogP contribution is 2.26. The van der Waals surface area contributed by atoms with Gasteiger partial charge in [0.1, 0.15) is 17.4 Å². The number of halogens is 3. The maximum absolute atomic E-state index is 12.7.